The third-order valence-electron chi connectivity index (χ3n) is 24.3. The van der Waals surface area contributed by atoms with Crippen LogP contribution in [0, 0.1) is 0 Å². The van der Waals surface area contributed by atoms with E-state index < -0.39 is 0 Å². The third-order valence-corrected chi connectivity index (χ3v) is 24.3. The first-order valence-electron chi connectivity index (χ1n) is 45.6. The van der Waals surface area contributed by atoms with Crippen LogP contribution in [0.2, 0.25) is 0 Å². The van der Waals surface area contributed by atoms with Gasteiger partial charge in [-0.15, -0.1) is 0 Å². The van der Waals surface area contributed by atoms with Crippen molar-refractivity contribution in [2.45, 2.75) is 39.6 Å². The molecule has 0 atom stereocenters. The number of hydrogen-bond donors (Lipinski definition) is 0. The van der Waals surface area contributed by atoms with Crippen LogP contribution in [0.15, 0.2) is 473 Å². The summed E-state index contributed by atoms with van der Waals surface area (Å²) in [5.41, 5.74) is 22.2. The second kappa shape index (κ2) is 42.3. The van der Waals surface area contributed by atoms with Crippen LogP contribution in [-0.2, 0) is 39.6 Å². The van der Waals surface area contributed by atoms with Crippen molar-refractivity contribution >= 4 is 34.7 Å². The summed E-state index contributed by atoms with van der Waals surface area (Å²) < 4.78 is 40.3. The lowest BCUT2D eigenvalue weighted by Gasteiger charge is -2.29. The first-order valence-corrected chi connectivity index (χ1v) is 45.6. The molecule has 19 aromatic rings. The van der Waals surface area contributed by atoms with E-state index in [1.165, 1.54) is 0 Å². The summed E-state index contributed by atoms with van der Waals surface area (Å²) in [6.07, 6.45) is 0. The lowest BCUT2D eigenvalue weighted by Crippen LogP contribution is -2.04. The molecule has 138 heavy (non-hydrogen) atoms. The Bertz CT molecular complexity index is 6280. The minimum Gasteiger partial charge on any atom is -0.489 e. The van der Waals surface area contributed by atoms with Crippen molar-refractivity contribution in [3.63, 3.8) is 0 Å². The summed E-state index contributed by atoms with van der Waals surface area (Å²) in [6, 6.07) is 150. The molecule has 0 N–H and O–H groups in total. The van der Waals surface area contributed by atoms with Crippen molar-refractivity contribution in [1.29, 1.82) is 0 Å². The summed E-state index contributed by atoms with van der Waals surface area (Å²) >= 11 is 0. The van der Waals surface area contributed by atoms with E-state index in [9.17, 15) is 28.8 Å². The van der Waals surface area contributed by atoms with E-state index in [2.05, 4.69) is 72.8 Å². The molecule has 0 saturated heterocycles. The number of benzene rings is 19. The van der Waals surface area contributed by atoms with Crippen LogP contribution in [0.25, 0.3) is 66.8 Å². The zero-order valence-electron chi connectivity index (χ0n) is 75.2. The van der Waals surface area contributed by atoms with E-state index in [-0.39, 0.29) is 74.3 Å². The quantitative estimate of drug-likeness (QED) is 0.0343. The van der Waals surface area contributed by atoms with Crippen molar-refractivity contribution in [2.24, 2.45) is 0 Å². The molecule has 12 heteroatoms. The van der Waals surface area contributed by atoms with Gasteiger partial charge in [0.15, 0.2) is 34.7 Å². The monoisotopic (exact) mass is 1790 g/mol. The highest BCUT2D eigenvalue weighted by molar-refractivity contribution is 6.17. The lowest BCUT2D eigenvalue weighted by molar-refractivity contribution is 0.103. The molecule has 19 rings (SSSR count). The second-order valence-electron chi connectivity index (χ2n) is 33.5. The Balaban J connectivity index is 0.771. The molecule has 0 heterocycles. The van der Waals surface area contributed by atoms with Crippen molar-refractivity contribution < 1.29 is 57.2 Å². The van der Waals surface area contributed by atoms with E-state index in [0.29, 0.717) is 101 Å². The highest BCUT2D eigenvalue weighted by atomic mass is 16.5. The molecule has 0 unspecified atom stereocenters. The largest absolute Gasteiger partial charge is 0.489 e. The summed E-state index contributed by atoms with van der Waals surface area (Å²) in [6.45, 7) is 1.24. The fourth-order valence-corrected chi connectivity index (χ4v) is 16.8. The Hall–Kier alpha value is -18.0. The van der Waals surface area contributed by atoms with E-state index in [1.54, 1.807) is 0 Å². The van der Waals surface area contributed by atoms with Crippen LogP contribution in [0.1, 0.15) is 129 Å². The molecule has 0 aromatic heterocycles. The molecule has 0 radical (unpaired) electrons. The van der Waals surface area contributed by atoms with Gasteiger partial charge in [0, 0.05) is 66.8 Å². The van der Waals surface area contributed by atoms with Crippen LogP contribution in [0.5, 0.6) is 34.5 Å². The standard InChI is InChI=1S/C126H90O12/c127-121(97-19-7-1-8-20-97)103-43-31-85(32-44-103)79-133-109-67-55-91(56-68-109)115-116(92-57-69-110(70-58-92)134-80-86-33-45-104(46-34-86)122(128)98-21-9-2-10-22-98)118(94-61-73-112(74-62-94)136-82-88-37-49-106(50-38-88)124(130)100-25-13-4-14-26-100)120(96-65-77-114(78-66-96)138-84-90-41-53-108(54-42-90)126(132)102-29-17-6-18-30-102)119(95-63-75-113(76-64-95)137-83-89-39-51-107(52-40-89)125(131)101-27-15-5-16-28-101)117(115)93-59-71-111(72-60-93)135-81-87-35-47-105(48-36-87)123(129)99-23-11-3-12-24-99/h1-78H,79-84H2. The molecule has 0 fully saturated rings. The number of hydrogen-bond acceptors (Lipinski definition) is 12. The van der Waals surface area contributed by atoms with Crippen LogP contribution in [0.4, 0.5) is 0 Å². The van der Waals surface area contributed by atoms with E-state index in [1.807, 2.05) is 400 Å². The van der Waals surface area contributed by atoms with Gasteiger partial charge in [0.25, 0.3) is 0 Å². The number of ketones is 6. The van der Waals surface area contributed by atoms with Crippen LogP contribution in [0.3, 0.4) is 0 Å². The van der Waals surface area contributed by atoms with Gasteiger partial charge in [-0.2, -0.15) is 0 Å². The summed E-state index contributed by atoms with van der Waals surface area (Å²) in [5, 5.41) is 0. The Labute approximate surface area is 800 Å². The van der Waals surface area contributed by atoms with Crippen LogP contribution < -0.4 is 28.4 Å². The molecule has 0 bridgehead atoms. The predicted molar refractivity (Wildman–Crippen MR) is 543 cm³/mol. The topological polar surface area (TPSA) is 158 Å². The fraction of sp³-hybridized carbons (Fsp3) is 0.0476. The highest BCUT2D eigenvalue weighted by Crippen LogP contribution is 2.57. The van der Waals surface area contributed by atoms with Gasteiger partial charge < -0.3 is 28.4 Å². The first-order chi connectivity index (χ1) is 67.9. The van der Waals surface area contributed by atoms with Gasteiger partial charge in [-0.1, -0.05) is 400 Å². The zero-order chi connectivity index (χ0) is 93.9. The normalized spacial score (nSPS) is 11.0. The van der Waals surface area contributed by atoms with Gasteiger partial charge in [0.05, 0.1) is 0 Å². The maximum absolute atomic E-state index is 13.6. The molecule has 12 nitrogen and oxygen atoms in total. The summed E-state index contributed by atoms with van der Waals surface area (Å²) in [7, 11) is 0. The Morgan fingerprint density at radius 2 is 0.232 bits per heavy atom. The van der Waals surface area contributed by atoms with Gasteiger partial charge in [-0.3, -0.25) is 28.8 Å². The van der Waals surface area contributed by atoms with Crippen LogP contribution in [-0.4, -0.2) is 34.7 Å². The van der Waals surface area contributed by atoms with Gasteiger partial charge in [-0.25, -0.2) is 0 Å². The first kappa shape index (κ1) is 89.2. The number of carbonyl (C=O) groups is 6. The van der Waals surface area contributed by atoms with E-state index >= 15 is 0 Å². The average Bonchev–Trinajstić information content (AvgIpc) is 0.711. The third kappa shape index (κ3) is 21.2. The van der Waals surface area contributed by atoms with Crippen LogP contribution >= 0.6 is 0 Å². The van der Waals surface area contributed by atoms with Gasteiger partial charge in [0.1, 0.15) is 74.1 Å². The second-order valence-corrected chi connectivity index (χ2v) is 33.5. The number of ether oxygens (including phenoxy) is 6. The maximum atomic E-state index is 13.6. The molecule has 0 saturated carbocycles. The van der Waals surface area contributed by atoms with E-state index in [0.717, 1.165) is 100 Å². The predicted octanol–water partition coefficient (Wildman–Crippen LogP) is 28.5. The van der Waals surface area contributed by atoms with Crippen molar-refractivity contribution in [3.05, 3.63) is 573 Å². The van der Waals surface area contributed by atoms with Gasteiger partial charge in [0.2, 0.25) is 0 Å². The maximum Gasteiger partial charge on any atom is 0.193 e. The van der Waals surface area contributed by atoms with Gasteiger partial charge >= 0.3 is 0 Å². The Morgan fingerprint density at radius 1 is 0.123 bits per heavy atom. The van der Waals surface area contributed by atoms with Crippen molar-refractivity contribution in [1.82, 2.24) is 0 Å². The average molecular weight is 1800 g/mol. The molecule has 0 amide bonds. The minimum atomic E-state index is -0.0730. The fourth-order valence-electron chi connectivity index (χ4n) is 16.8. The number of rotatable bonds is 36. The smallest absolute Gasteiger partial charge is 0.193 e. The van der Waals surface area contributed by atoms with Crippen molar-refractivity contribution in [3.8, 4) is 101 Å². The Morgan fingerprint density at radius 3 is 0.348 bits per heavy atom. The molecule has 0 aliphatic rings. The molecule has 19 aromatic carbocycles. The Kier molecular flexibility index (Phi) is 27.3. The molecule has 0 aliphatic carbocycles. The zero-order valence-corrected chi connectivity index (χ0v) is 75.2. The van der Waals surface area contributed by atoms with Crippen molar-refractivity contribution in [2.75, 3.05) is 0 Å². The molecule has 666 valence electrons. The summed E-state index contributed by atoms with van der Waals surface area (Å²) in [4.78, 5) is 81.6. The highest BCUT2D eigenvalue weighted by Gasteiger charge is 2.31. The minimum absolute atomic E-state index is 0.0730. The molecular weight excluding hydrogens is 1710 g/mol. The number of carbonyl (C=O) groups excluding carboxylic acids is 6. The molecule has 0 aliphatic heterocycles. The lowest BCUT2D eigenvalue weighted by atomic mass is 9.74. The summed E-state index contributed by atoms with van der Waals surface area (Å²) in [5.74, 6) is 3.13. The molecule has 0 spiro atoms. The van der Waals surface area contributed by atoms with E-state index in [4.69, 9.17) is 28.4 Å². The van der Waals surface area contributed by atoms with Gasteiger partial charge in [-0.05, 0) is 173 Å². The SMILES string of the molecule is O=C(c1ccccc1)c1ccc(COc2ccc(-c3c(-c4ccc(OCc5ccc(C(=O)c6ccccc6)cc5)cc4)c(-c4ccc(OCc5ccc(C(=O)c6ccccc6)cc5)cc4)c(-c4ccc(OCc5ccc(C(=O)c6ccccc6)cc5)cc4)c(-c4ccc(OCc5ccc(C(=O)c6ccccc6)cc5)cc4)c3-c3ccc(OCc4ccc(C(=O)c5ccccc5)cc4)cc3)cc2)cc1. The molecular formula is C126H90O12.